The third kappa shape index (κ3) is 4.80. The van der Waals surface area contributed by atoms with E-state index in [0.717, 1.165) is 11.4 Å². The molecule has 0 aliphatic carbocycles. The first kappa shape index (κ1) is 22.5. The lowest BCUT2D eigenvalue weighted by Gasteiger charge is -2.27. The van der Waals surface area contributed by atoms with Crippen LogP contribution < -0.4 is 15.9 Å². The van der Waals surface area contributed by atoms with Gasteiger partial charge in [-0.05, 0) is 17.7 Å². The van der Waals surface area contributed by atoms with E-state index in [1.165, 1.54) is 26.4 Å². The molecule has 0 saturated carbocycles. The molecule has 0 saturated heterocycles. The van der Waals surface area contributed by atoms with Crippen molar-refractivity contribution >= 4 is 40.4 Å². The summed E-state index contributed by atoms with van der Waals surface area (Å²) in [6.07, 6.45) is 0. The van der Waals surface area contributed by atoms with Gasteiger partial charge in [0.05, 0.1) is 12.7 Å². The third-order valence-corrected chi connectivity index (χ3v) is 10.5. The molecule has 0 radical (unpaired) electrons. The molecule has 0 spiro atoms. The summed E-state index contributed by atoms with van der Waals surface area (Å²) >= 11 is 1.85. The summed E-state index contributed by atoms with van der Waals surface area (Å²) in [6, 6.07) is 51.6. The summed E-state index contributed by atoms with van der Waals surface area (Å²) in [6.45, 7) is 0. The van der Waals surface area contributed by atoms with Crippen LogP contribution in [0.25, 0.3) is 0 Å². The second kappa shape index (κ2) is 10.7. The average Bonchev–Trinajstić information content (AvgIpc) is 2.93. The zero-order valence-electron chi connectivity index (χ0n) is 18.9. The predicted octanol–water partition coefficient (Wildman–Crippen LogP) is 7.79. The topological polar surface area (TPSA) is 12.4 Å². The van der Waals surface area contributed by atoms with Gasteiger partial charge in [0.1, 0.15) is 0 Å². The Morgan fingerprint density at radius 1 is 0.471 bits per heavy atom. The van der Waals surface area contributed by atoms with Crippen molar-refractivity contribution in [3.8, 4) is 0 Å². The Morgan fingerprint density at radius 3 is 1.38 bits per heavy atom. The third-order valence-electron chi connectivity index (χ3n) is 5.75. The van der Waals surface area contributed by atoms with Gasteiger partial charge >= 0.3 is 0 Å². The summed E-state index contributed by atoms with van der Waals surface area (Å²) in [4.78, 5) is 1.21. The highest BCUT2D eigenvalue weighted by Gasteiger charge is 2.27. The molecule has 0 N–H and O–H groups in total. The molecule has 0 atom stereocenters. The number of hydrogen-bond donors (Lipinski definition) is 0. The van der Waals surface area contributed by atoms with E-state index >= 15 is 0 Å². The highest BCUT2D eigenvalue weighted by Crippen LogP contribution is 2.50. The summed E-state index contributed by atoms with van der Waals surface area (Å²) in [5.74, 6) is 0.917. The van der Waals surface area contributed by atoms with Gasteiger partial charge < -0.3 is 0 Å². The van der Waals surface area contributed by atoms with Crippen LogP contribution >= 0.6 is 18.8 Å². The Hall–Kier alpha value is -3.32. The van der Waals surface area contributed by atoms with Crippen LogP contribution in [0.15, 0.2) is 155 Å². The van der Waals surface area contributed by atoms with Gasteiger partial charge in [0, 0.05) is 26.6 Å². The highest BCUT2D eigenvalue weighted by molar-refractivity contribution is 7.98. The van der Waals surface area contributed by atoms with E-state index in [1.807, 2.05) is 11.8 Å². The largest absolute Gasteiger partial charge is 0.253 e. The van der Waals surface area contributed by atoms with Crippen molar-refractivity contribution in [1.82, 2.24) is 0 Å². The number of benzene rings is 5. The molecule has 1 nitrogen and oxygen atoms in total. The molecule has 0 bridgehead atoms. The Morgan fingerprint density at radius 2 is 0.882 bits per heavy atom. The van der Waals surface area contributed by atoms with Crippen molar-refractivity contribution in [2.75, 3.05) is 0 Å². The van der Waals surface area contributed by atoms with Crippen molar-refractivity contribution in [2.45, 2.75) is 10.6 Å². The average molecular weight is 476 g/mol. The highest BCUT2D eigenvalue weighted by atomic mass is 32.2. The summed E-state index contributed by atoms with van der Waals surface area (Å²) in [7, 11) is -2.29. The molecule has 3 heteroatoms. The number of nitrogens with zero attached hydrogens (tertiary/aromatic N) is 1. The fourth-order valence-corrected chi connectivity index (χ4v) is 8.68. The molecule has 0 fully saturated rings. The molecule has 166 valence electrons. The molecular weight excluding hydrogens is 449 g/mol. The Kier molecular flexibility index (Phi) is 7.10. The van der Waals surface area contributed by atoms with E-state index in [9.17, 15) is 0 Å². The van der Waals surface area contributed by atoms with Crippen LogP contribution in [0, 0.1) is 0 Å². The molecular formula is C31H26NPS. The number of thioether (sulfide) groups is 1. The molecule has 0 amide bonds. The van der Waals surface area contributed by atoms with Gasteiger partial charge in [-0.2, -0.15) is 0 Å². The fraction of sp³-hybridized carbons (Fsp3) is 0.0323. The van der Waals surface area contributed by atoms with Gasteiger partial charge in [0.2, 0.25) is 0 Å². The smallest absolute Gasteiger partial charge is 0.0761 e. The molecule has 0 aliphatic heterocycles. The van der Waals surface area contributed by atoms with Crippen LogP contribution in [-0.4, -0.2) is 0 Å². The molecule has 5 aromatic rings. The lowest BCUT2D eigenvalue weighted by molar-refractivity contribution is 1.35. The first-order valence-electron chi connectivity index (χ1n) is 11.4. The van der Waals surface area contributed by atoms with E-state index in [0.29, 0.717) is 0 Å². The maximum absolute atomic E-state index is 5.70. The maximum atomic E-state index is 5.70. The molecule has 5 rings (SSSR count). The molecule has 0 heterocycles. The van der Waals surface area contributed by atoms with Crippen molar-refractivity contribution in [3.05, 3.63) is 151 Å². The molecule has 5 aromatic carbocycles. The number of hydrogen-bond acceptors (Lipinski definition) is 2. The van der Waals surface area contributed by atoms with Crippen LogP contribution in [0.4, 0.5) is 5.69 Å². The monoisotopic (exact) mass is 475 g/mol. The zero-order chi connectivity index (χ0) is 23.1. The van der Waals surface area contributed by atoms with Crippen LogP contribution in [0.5, 0.6) is 0 Å². The molecule has 34 heavy (non-hydrogen) atoms. The van der Waals surface area contributed by atoms with Crippen LogP contribution in [-0.2, 0) is 5.75 Å². The van der Waals surface area contributed by atoms with E-state index in [2.05, 4.69) is 146 Å². The quantitative estimate of drug-likeness (QED) is 0.173. The first-order valence-corrected chi connectivity index (χ1v) is 14.1. The summed E-state index contributed by atoms with van der Waals surface area (Å²) in [5, 5.41) is 3.78. The SMILES string of the molecule is c1ccc(CSc2ccccc2N=P(c2ccccc2)(c2ccccc2)c2ccccc2)cc1. The molecule has 0 aromatic heterocycles. The second-order valence-corrected chi connectivity index (χ2v) is 12.0. The molecule has 0 unspecified atom stereocenters. The lowest BCUT2D eigenvalue weighted by atomic mass is 10.2. The van der Waals surface area contributed by atoms with Gasteiger partial charge in [-0.15, -0.1) is 11.8 Å². The number of rotatable bonds is 7. The van der Waals surface area contributed by atoms with Crippen LogP contribution in [0.2, 0.25) is 0 Å². The second-order valence-electron chi connectivity index (χ2n) is 7.98. The van der Waals surface area contributed by atoms with Crippen molar-refractivity contribution in [1.29, 1.82) is 0 Å². The van der Waals surface area contributed by atoms with Gasteiger partial charge in [-0.1, -0.05) is 133 Å². The van der Waals surface area contributed by atoms with Gasteiger partial charge in [-0.25, -0.2) is 0 Å². The first-order chi connectivity index (χ1) is 16.9. The van der Waals surface area contributed by atoms with E-state index in [-0.39, 0.29) is 0 Å². The normalized spacial score (nSPS) is 11.2. The van der Waals surface area contributed by atoms with Crippen LogP contribution in [0.1, 0.15) is 5.56 Å². The lowest BCUT2D eigenvalue weighted by Crippen LogP contribution is -2.25. The Labute approximate surface area is 206 Å². The van der Waals surface area contributed by atoms with Gasteiger partial charge in [-0.3, -0.25) is 4.74 Å². The Bertz CT molecular complexity index is 1280. The minimum Gasteiger partial charge on any atom is -0.253 e. The van der Waals surface area contributed by atoms with Crippen molar-refractivity contribution in [3.63, 3.8) is 0 Å². The van der Waals surface area contributed by atoms with Crippen LogP contribution in [0.3, 0.4) is 0 Å². The fourth-order valence-electron chi connectivity index (χ4n) is 4.11. The predicted molar refractivity (Wildman–Crippen MR) is 150 cm³/mol. The van der Waals surface area contributed by atoms with Gasteiger partial charge in [0.15, 0.2) is 0 Å². The maximum Gasteiger partial charge on any atom is 0.0761 e. The standard InChI is InChI=1S/C31H26NPS/c1-5-15-26(16-6-1)25-34-31-24-14-13-23-30(31)32-33(27-17-7-2-8-18-27,28-19-9-3-10-20-28)29-21-11-4-12-22-29/h1-24H,25H2. The molecule has 0 aliphatic rings. The van der Waals surface area contributed by atoms with E-state index < -0.39 is 7.05 Å². The van der Waals surface area contributed by atoms with Crippen molar-refractivity contribution in [2.24, 2.45) is 4.74 Å². The summed E-state index contributed by atoms with van der Waals surface area (Å²) < 4.78 is 5.70. The zero-order valence-corrected chi connectivity index (χ0v) is 20.6. The van der Waals surface area contributed by atoms with Gasteiger partial charge in [0.25, 0.3) is 0 Å². The van der Waals surface area contributed by atoms with Crippen molar-refractivity contribution < 1.29 is 0 Å². The van der Waals surface area contributed by atoms with E-state index in [1.54, 1.807) is 0 Å². The minimum absolute atomic E-state index is 0.917. The summed E-state index contributed by atoms with van der Waals surface area (Å²) in [5.41, 5.74) is 2.37. The Balaban J connectivity index is 1.73. The van der Waals surface area contributed by atoms with E-state index in [4.69, 9.17) is 4.74 Å². The minimum atomic E-state index is -2.29.